The van der Waals surface area contributed by atoms with Gasteiger partial charge in [0.05, 0.1) is 5.69 Å². The van der Waals surface area contributed by atoms with Crippen molar-refractivity contribution in [3.8, 4) is 0 Å². The van der Waals surface area contributed by atoms with Crippen LogP contribution in [0.4, 0.5) is 0 Å². The van der Waals surface area contributed by atoms with Crippen LogP contribution in [0.15, 0.2) is 9.52 Å². The third-order valence-electron chi connectivity index (χ3n) is 4.72. The van der Waals surface area contributed by atoms with E-state index in [1.807, 2.05) is 7.05 Å². The molecule has 1 atom stereocenters. The third-order valence-corrected chi connectivity index (χ3v) is 4.72. The van der Waals surface area contributed by atoms with Crippen LogP contribution in [0.2, 0.25) is 0 Å². The molecule has 0 spiro atoms. The molecule has 1 saturated heterocycles. The van der Waals surface area contributed by atoms with Crippen molar-refractivity contribution < 1.29 is 4.52 Å². The maximum absolute atomic E-state index is 5.42. The van der Waals surface area contributed by atoms with Crippen LogP contribution in [-0.4, -0.2) is 49.2 Å². The van der Waals surface area contributed by atoms with Gasteiger partial charge in [-0.3, -0.25) is 4.99 Å². The quantitative estimate of drug-likeness (QED) is 0.370. The van der Waals surface area contributed by atoms with Crippen LogP contribution in [0.3, 0.4) is 0 Å². The maximum Gasteiger partial charge on any atom is 0.191 e. The molecule has 0 saturated carbocycles. The zero-order valence-electron chi connectivity index (χ0n) is 16.1. The summed E-state index contributed by atoms with van der Waals surface area (Å²) in [7, 11) is 1.81. The first-order chi connectivity index (χ1) is 11.7. The molecule has 2 rings (SSSR count). The Balaban J connectivity index is 0.00000312. The minimum absolute atomic E-state index is 0. The lowest BCUT2D eigenvalue weighted by Crippen LogP contribution is -2.43. The van der Waals surface area contributed by atoms with Gasteiger partial charge in [-0.2, -0.15) is 0 Å². The molecule has 0 amide bonds. The first-order valence-electron chi connectivity index (χ1n) is 9.31. The Hall–Kier alpha value is -0.830. The Labute approximate surface area is 169 Å². The van der Waals surface area contributed by atoms with Gasteiger partial charge in [0.15, 0.2) is 5.96 Å². The highest BCUT2D eigenvalue weighted by atomic mass is 127. The Kier molecular flexibility index (Phi) is 10.4. The lowest BCUT2D eigenvalue weighted by atomic mass is 10.0. The molecule has 1 aromatic rings. The second-order valence-corrected chi connectivity index (χ2v) is 6.64. The number of nitrogens with one attached hydrogen (secondary N) is 2. The van der Waals surface area contributed by atoms with Crippen LogP contribution in [0.25, 0.3) is 0 Å². The van der Waals surface area contributed by atoms with Crippen molar-refractivity contribution in [2.24, 2.45) is 10.9 Å². The molecule has 0 aliphatic carbocycles. The first-order valence-corrected chi connectivity index (χ1v) is 9.31. The van der Waals surface area contributed by atoms with Crippen molar-refractivity contribution in [2.45, 2.75) is 53.0 Å². The van der Waals surface area contributed by atoms with Gasteiger partial charge in [0.2, 0.25) is 0 Å². The average molecular weight is 463 g/mol. The van der Waals surface area contributed by atoms with Crippen molar-refractivity contribution in [3.05, 3.63) is 17.0 Å². The predicted octanol–water partition coefficient (Wildman–Crippen LogP) is 2.81. The van der Waals surface area contributed by atoms with Crippen molar-refractivity contribution in [1.82, 2.24) is 20.7 Å². The van der Waals surface area contributed by atoms with Crippen LogP contribution < -0.4 is 10.6 Å². The number of aromatic nitrogens is 1. The number of aliphatic imine (C=N–C) groups is 1. The second kappa shape index (κ2) is 11.7. The highest BCUT2D eigenvalue weighted by Crippen LogP contribution is 2.16. The van der Waals surface area contributed by atoms with Crippen LogP contribution in [-0.2, 0) is 19.4 Å². The highest BCUT2D eigenvalue weighted by Gasteiger charge is 2.16. The number of halogens is 1. The molecule has 2 N–H and O–H groups in total. The second-order valence-electron chi connectivity index (χ2n) is 6.64. The Morgan fingerprint density at radius 1 is 1.32 bits per heavy atom. The van der Waals surface area contributed by atoms with Crippen LogP contribution in [0, 0.1) is 5.92 Å². The summed E-state index contributed by atoms with van der Waals surface area (Å²) >= 11 is 0. The summed E-state index contributed by atoms with van der Waals surface area (Å²) in [5.41, 5.74) is 2.21. The van der Waals surface area contributed by atoms with Gasteiger partial charge in [-0.1, -0.05) is 25.9 Å². The minimum atomic E-state index is 0. The molecule has 1 aliphatic rings. The summed E-state index contributed by atoms with van der Waals surface area (Å²) in [6.07, 6.45) is 4.44. The van der Waals surface area contributed by atoms with Gasteiger partial charge in [0.1, 0.15) is 5.76 Å². The third kappa shape index (κ3) is 6.77. The number of hydrogen-bond donors (Lipinski definition) is 2. The molecule has 0 bridgehead atoms. The Morgan fingerprint density at radius 3 is 2.76 bits per heavy atom. The van der Waals surface area contributed by atoms with E-state index < -0.39 is 0 Å². The molecule has 1 aromatic heterocycles. The summed E-state index contributed by atoms with van der Waals surface area (Å²) in [5, 5.41) is 11.0. The molecular weight excluding hydrogens is 429 g/mol. The molecule has 0 radical (unpaired) electrons. The molecule has 6 nitrogen and oxygen atoms in total. The summed E-state index contributed by atoms with van der Waals surface area (Å²) in [6, 6.07) is 0. The summed E-state index contributed by atoms with van der Waals surface area (Å²) < 4.78 is 5.42. The molecule has 7 heteroatoms. The van der Waals surface area contributed by atoms with Gasteiger partial charge in [-0.25, -0.2) is 0 Å². The van der Waals surface area contributed by atoms with Crippen molar-refractivity contribution in [1.29, 1.82) is 0 Å². The highest BCUT2D eigenvalue weighted by molar-refractivity contribution is 14.0. The number of rotatable bonds is 7. The largest absolute Gasteiger partial charge is 0.361 e. The van der Waals surface area contributed by atoms with E-state index in [1.54, 1.807) is 0 Å². The molecule has 1 fully saturated rings. The van der Waals surface area contributed by atoms with E-state index in [2.05, 4.69) is 46.5 Å². The molecule has 144 valence electrons. The molecule has 1 aliphatic heterocycles. The van der Waals surface area contributed by atoms with Crippen LogP contribution in [0.1, 0.15) is 50.6 Å². The van der Waals surface area contributed by atoms with Gasteiger partial charge in [0.25, 0.3) is 0 Å². The van der Waals surface area contributed by atoms with Gasteiger partial charge in [0, 0.05) is 45.2 Å². The van der Waals surface area contributed by atoms with Crippen molar-refractivity contribution in [3.63, 3.8) is 0 Å². The van der Waals surface area contributed by atoms with E-state index in [4.69, 9.17) is 4.52 Å². The summed E-state index contributed by atoms with van der Waals surface area (Å²) in [5.74, 6) is 2.63. The Morgan fingerprint density at radius 2 is 2.12 bits per heavy atom. The number of hydrogen-bond acceptors (Lipinski definition) is 4. The van der Waals surface area contributed by atoms with Crippen LogP contribution in [0.5, 0.6) is 0 Å². The minimum Gasteiger partial charge on any atom is -0.361 e. The SMILES string of the molecule is CCc1noc(CC)c1CNC(=NC)NCCN1CCCC(C)C1.I. The van der Waals surface area contributed by atoms with Gasteiger partial charge < -0.3 is 20.1 Å². The molecule has 25 heavy (non-hydrogen) atoms. The number of aryl methyl sites for hydroxylation is 2. The summed E-state index contributed by atoms with van der Waals surface area (Å²) in [4.78, 5) is 6.86. The maximum atomic E-state index is 5.42. The lowest BCUT2D eigenvalue weighted by Gasteiger charge is -2.30. The fourth-order valence-corrected chi connectivity index (χ4v) is 3.35. The fraction of sp³-hybridized carbons (Fsp3) is 0.778. The number of guanidine groups is 1. The van der Waals surface area contributed by atoms with E-state index in [1.165, 1.54) is 31.5 Å². The zero-order valence-corrected chi connectivity index (χ0v) is 18.4. The van der Waals surface area contributed by atoms with Crippen LogP contribution >= 0.6 is 24.0 Å². The van der Waals surface area contributed by atoms with Gasteiger partial charge in [-0.05, 0) is 31.7 Å². The topological polar surface area (TPSA) is 65.7 Å². The van der Waals surface area contributed by atoms with E-state index in [9.17, 15) is 0 Å². The normalized spacial score (nSPS) is 18.7. The van der Waals surface area contributed by atoms with Gasteiger partial charge in [-0.15, -0.1) is 24.0 Å². The predicted molar refractivity (Wildman–Crippen MR) is 114 cm³/mol. The van der Waals surface area contributed by atoms with E-state index in [-0.39, 0.29) is 24.0 Å². The number of piperidine rings is 1. The van der Waals surface area contributed by atoms with E-state index >= 15 is 0 Å². The molecular formula is C18H34IN5O. The van der Waals surface area contributed by atoms with E-state index in [0.29, 0.717) is 6.54 Å². The Bertz CT molecular complexity index is 510. The smallest absolute Gasteiger partial charge is 0.191 e. The molecule has 0 aromatic carbocycles. The molecule has 1 unspecified atom stereocenters. The van der Waals surface area contributed by atoms with Crippen molar-refractivity contribution in [2.75, 3.05) is 33.2 Å². The van der Waals surface area contributed by atoms with Gasteiger partial charge >= 0.3 is 0 Å². The van der Waals surface area contributed by atoms with E-state index in [0.717, 1.165) is 49.3 Å². The summed E-state index contributed by atoms with van der Waals surface area (Å²) in [6.45, 7) is 11.7. The number of likely N-dealkylation sites (tertiary alicyclic amines) is 1. The fourth-order valence-electron chi connectivity index (χ4n) is 3.35. The standard InChI is InChI=1S/C18H33N5O.HI/c1-5-16-15(17(6-2)24-22-16)12-21-18(19-4)20-9-11-23-10-7-8-14(3)13-23;/h14H,5-13H2,1-4H3,(H2,19,20,21);1H. The monoisotopic (exact) mass is 463 g/mol. The average Bonchev–Trinajstić information content (AvgIpc) is 3.00. The first kappa shape index (κ1) is 22.2. The van der Waals surface area contributed by atoms with Crippen molar-refractivity contribution >= 4 is 29.9 Å². The lowest BCUT2D eigenvalue weighted by molar-refractivity contribution is 0.187. The molecule has 2 heterocycles. The number of nitrogens with zero attached hydrogens (tertiary/aromatic N) is 3. The zero-order chi connectivity index (χ0) is 17.4.